The Morgan fingerprint density at radius 3 is 2.23 bits per heavy atom. The van der Waals surface area contributed by atoms with E-state index in [4.69, 9.17) is 18.9 Å². The standard InChI is InChI=1S/C21H20N2O7/c1-27-13-8-9-16(28-2)15(11-13)23-20(25)14(19(24)22-21(23)26)10-12-6-5-7-17(29-3)18(12)30-4/h5-11H,1-4H3,(H,22,24,26)/b14-10+. The van der Waals surface area contributed by atoms with E-state index < -0.39 is 17.8 Å². The summed E-state index contributed by atoms with van der Waals surface area (Å²) in [5.41, 5.74) is 0.309. The predicted molar refractivity (Wildman–Crippen MR) is 108 cm³/mol. The summed E-state index contributed by atoms with van der Waals surface area (Å²) < 4.78 is 21.0. The van der Waals surface area contributed by atoms with Crippen LogP contribution in [-0.2, 0) is 9.59 Å². The molecule has 0 saturated carbocycles. The van der Waals surface area contributed by atoms with E-state index in [2.05, 4.69) is 5.32 Å². The number of urea groups is 1. The molecule has 0 radical (unpaired) electrons. The van der Waals surface area contributed by atoms with Gasteiger partial charge in [-0.2, -0.15) is 0 Å². The lowest BCUT2D eigenvalue weighted by Gasteiger charge is -2.27. The van der Waals surface area contributed by atoms with E-state index in [9.17, 15) is 14.4 Å². The van der Waals surface area contributed by atoms with Crippen molar-refractivity contribution in [1.29, 1.82) is 0 Å². The number of hydrogen-bond acceptors (Lipinski definition) is 7. The van der Waals surface area contributed by atoms with Gasteiger partial charge in [-0.15, -0.1) is 0 Å². The van der Waals surface area contributed by atoms with Gasteiger partial charge in [0, 0.05) is 11.6 Å². The van der Waals surface area contributed by atoms with Crippen LogP contribution in [-0.4, -0.2) is 46.3 Å². The van der Waals surface area contributed by atoms with Gasteiger partial charge in [0.2, 0.25) is 0 Å². The molecule has 0 atom stereocenters. The van der Waals surface area contributed by atoms with Crippen LogP contribution in [0, 0.1) is 0 Å². The number of benzene rings is 2. The zero-order valence-corrected chi connectivity index (χ0v) is 16.8. The summed E-state index contributed by atoms with van der Waals surface area (Å²) in [7, 11) is 5.77. The predicted octanol–water partition coefficient (Wildman–Crippen LogP) is 2.39. The molecule has 9 heteroatoms. The number of barbiturate groups is 1. The average Bonchev–Trinajstić information content (AvgIpc) is 2.75. The molecule has 0 bridgehead atoms. The number of nitrogens with one attached hydrogen (secondary N) is 1. The van der Waals surface area contributed by atoms with Crippen LogP contribution in [0.25, 0.3) is 6.08 Å². The number of para-hydroxylation sites is 1. The molecule has 156 valence electrons. The van der Waals surface area contributed by atoms with Gasteiger partial charge < -0.3 is 18.9 Å². The highest BCUT2D eigenvalue weighted by atomic mass is 16.5. The molecule has 1 aliphatic rings. The molecule has 1 fully saturated rings. The Hall–Kier alpha value is -4.01. The summed E-state index contributed by atoms with van der Waals surface area (Å²) in [4.78, 5) is 39.0. The minimum absolute atomic E-state index is 0.135. The normalized spacial score (nSPS) is 15.1. The highest BCUT2D eigenvalue weighted by molar-refractivity contribution is 6.39. The summed E-state index contributed by atoms with van der Waals surface area (Å²) in [5, 5.41) is 2.17. The Kier molecular flexibility index (Phi) is 5.91. The monoisotopic (exact) mass is 412 g/mol. The number of nitrogens with zero attached hydrogens (tertiary/aromatic N) is 1. The molecular weight excluding hydrogens is 392 g/mol. The van der Waals surface area contributed by atoms with Gasteiger partial charge in [0.15, 0.2) is 11.5 Å². The topological polar surface area (TPSA) is 103 Å². The quantitative estimate of drug-likeness (QED) is 0.574. The Balaban J connectivity index is 2.12. The highest BCUT2D eigenvalue weighted by Gasteiger charge is 2.38. The molecule has 0 unspecified atom stereocenters. The van der Waals surface area contributed by atoms with Crippen molar-refractivity contribution in [3.8, 4) is 23.0 Å². The first-order chi connectivity index (χ1) is 14.4. The summed E-state index contributed by atoms with van der Waals surface area (Å²) >= 11 is 0. The molecule has 1 aliphatic heterocycles. The zero-order chi connectivity index (χ0) is 21.8. The second-order valence-electron chi connectivity index (χ2n) is 6.08. The molecule has 1 N–H and O–H groups in total. The Morgan fingerprint density at radius 1 is 0.867 bits per heavy atom. The van der Waals surface area contributed by atoms with Gasteiger partial charge in [0.1, 0.15) is 17.1 Å². The van der Waals surface area contributed by atoms with Gasteiger partial charge in [-0.25, -0.2) is 9.69 Å². The maximum absolute atomic E-state index is 13.2. The molecular formula is C21H20N2O7. The number of carbonyl (C=O) groups is 3. The Labute approximate surface area is 172 Å². The lowest BCUT2D eigenvalue weighted by molar-refractivity contribution is -0.122. The summed E-state index contributed by atoms with van der Waals surface area (Å²) in [6.07, 6.45) is 1.34. The molecule has 1 saturated heterocycles. The van der Waals surface area contributed by atoms with Crippen LogP contribution in [0.3, 0.4) is 0 Å². The van der Waals surface area contributed by atoms with E-state index in [1.54, 1.807) is 30.3 Å². The van der Waals surface area contributed by atoms with Crippen molar-refractivity contribution in [3.05, 3.63) is 47.5 Å². The van der Waals surface area contributed by atoms with Crippen LogP contribution in [0.4, 0.5) is 10.5 Å². The van der Waals surface area contributed by atoms with E-state index >= 15 is 0 Å². The van der Waals surface area contributed by atoms with Gasteiger partial charge in [-0.1, -0.05) is 12.1 Å². The lowest BCUT2D eigenvalue weighted by Crippen LogP contribution is -2.54. The van der Waals surface area contributed by atoms with Crippen LogP contribution < -0.4 is 29.2 Å². The van der Waals surface area contributed by atoms with Crippen molar-refractivity contribution in [2.75, 3.05) is 33.3 Å². The van der Waals surface area contributed by atoms with Gasteiger partial charge in [0.05, 0.1) is 34.1 Å². The van der Waals surface area contributed by atoms with Crippen LogP contribution in [0.1, 0.15) is 5.56 Å². The molecule has 0 aliphatic carbocycles. The minimum Gasteiger partial charge on any atom is -0.497 e. The number of methoxy groups -OCH3 is 4. The number of anilines is 1. The number of carbonyl (C=O) groups excluding carboxylic acids is 3. The third-order valence-electron chi connectivity index (χ3n) is 4.46. The van der Waals surface area contributed by atoms with Crippen molar-refractivity contribution in [1.82, 2.24) is 5.32 Å². The number of amides is 4. The van der Waals surface area contributed by atoms with Gasteiger partial charge in [0.25, 0.3) is 11.8 Å². The molecule has 4 amide bonds. The average molecular weight is 412 g/mol. The molecule has 9 nitrogen and oxygen atoms in total. The molecule has 0 spiro atoms. The minimum atomic E-state index is -0.897. The van der Waals surface area contributed by atoms with Crippen LogP contribution in [0.15, 0.2) is 42.0 Å². The highest BCUT2D eigenvalue weighted by Crippen LogP contribution is 2.36. The third-order valence-corrected chi connectivity index (χ3v) is 4.46. The molecule has 1 heterocycles. The SMILES string of the molecule is COc1ccc(OC)c(N2C(=O)NC(=O)/C(=C\c3cccc(OC)c3OC)C2=O)c1. The van der Waals surface area contributed by atoms with Crippen LogP contribution in [0.2, 0.25) is 0 Å². The van der Waals surface area contributed by atoms with Crippen molar-refractivity contribution < 1.29 is 33.3 Å². The first-order valence-corrected chi connectivity index (χ1v) is 8.79. The van der Waals surface area contributed by atoms with Crippen LogP contribution in [0.5, 0.6) is 23.0 Å². The van der Waals surface area contributed by atoms with E-state index in [1.807, 2.05) is 0 Å². The zero-order valence-electron chi connectivity index (χ0n) is 16.8. The van der Waals surface area contributed by atoms with E-state index in [-0.39, 0.29) is 17.0 Å². The van der Waals surface area contributed by atoms with Gasteiger partial charge in [-0.3, -0.25) is 14.9 Å². The number of hydrogen-bond donors (Lipinski definition) is 1. The Morgan fingerprint density at radius 2 is 1.60 bits per heavy atom. The maximum Gasteiger partial charge on any atom is 0.336 e. The summed E-state index contributed by atoms with van der Waals surface area (Å²) in [6, 6.07) is 8.77. The van der Waals surface area contributed by atoms with Crippen molar-refractivity contribution >= 4 is 29.6 Å². The largest absolute Gasteiger partial charge is 0.497 e. The van der Waals surface area contributed by atoms with Crippen molar-refractivity contribution in [2.24, 2.45) is 0 Å². The number of imide groups is 2. The maximum atomic E-state index is 13.2. The fraction of sp³-hybridized carbons (Fsp3) is 0.190. The number of ether oxygens (including phenoxy) is 4. The first kappa shape index (κ1) is 20.7. The van der Waals surface area contributed by atoms with Gasteiger partial charge >= 0.3 is 6.03 Å². The molecule has 30 heavy (non-hydrogen) atoms. The third kappa shape index (κ3) is 3.64. The fourth-order valence-electron chi connectivity index (χ4n) is 3.03. The van der Waals surface area contributed by atoms with E-state index in [0.717, 1.165) is 4.90 Å². The fourth-order valence-corrected chi connectivity index (χ4v) is 3.03. The lowest BCUT2D eigenvalue weighted by atomic mass is 10.1. The van der Waals surface area contributed by atoms with Gasteiger partial charge in [-0.05, 0) is 24.3 Å². The van der Waals surface area contributed by atoms with Crippen molar-refractivity contribution in [3.63, 3.8) is 0 Å². The second-order valence-corrected chi connectivity index (χ2v) is 6.08. The summed E-state index contributed by atoms with van der Waals surface area (Å²) in [6.45, 7) is 0. The smallest absolute Gasteiger partial charge is 0.336 e. The van der Waals surface area contributed by atoms with Crippen molar-refractivity contribution in [2.45, 2.75) is 0 Å². The molecule has 0 aromatic heterocycles. The van der Waals surface area contributed by atoms with E-state index in [0.29, 0.717) is 22.8 Å². The first-order valence-electron chi connectivity index (χ1n) is 8.79. The Bertz CT molecular complexity index is 1050. The van der Waals surface area contributed by atoms with Crippen LogP contribution >= 0.6 is 0 Å². The van der Waals surface area contributed by atoms with E-state index in [1.165, 1.54) is 40.6 Å². The molecule has 2 aromatic rings. The number of rotatable bonds is 6. The summed E-state index contributed by atoms with van der Waals surface area (Å²) in [5.74, 6) is -0.211. The molecule has 3 rings (SSSR count). The second kappa shape index (κ2) is 8.56. The molecule has 2 aromatic carbocycles.